The van der Waals surface area contributed by atoms with E-state index in [-0.39, 0.29) is 11.4 Å². The fourth-order valence-electron chi connectivity index (χ4n) is 2.38. The van der Waals surface area contributed by atoms with E-state index in [0.717, 1.165) is 16.7 Å². The van der Waals surface area contributed by atoms with E-state index in [1.165, 1.54) is 12.1 Å². The number of aromatic nitrogens is 1. The standard InChI is InChI=1S/C19H15ClFNO/c1-13-2-5-15(10-18(13)21)16-6-9-19(23)22(12-16)11-14-3-7-17(20)8-4-14/h2-10,12H,11H2,1H3. The van der Waals surface area contributed by atoms with Crippen LogP contribution in [-0.2, 0) is 6.54 Å². The number of nitrogens with zero attached hydrogens (tertiary/aromatic N) is 1. The van der Waals surface area contributed by atoms with E-state index in [9.17, 15) is 9.18 Å². The minimum atomic E-state index is -0.252. The first kappa shape index (κ1) is 15.5. The summed E-state index contributed by atoms with van der Waals surface area (Å²) in [6.07, 6.45) is 1.75. The number of rotatable bonds is 3. The van der Waals surface area contributed by atoms with Gasteiger partial charge in [0, 0.05) is 17.3 Å². The van der Waals surface area contributed by atoms with E-state index in [1.807, 2.05) is 18.2 Å². The van der Waals surface area contributed by atoms with Crippen LogP contribution in [0, 0.1) is 12.7 Å². The molecule has 1 aromatic heterocycles. The highest BCUT2D eigenvalue weighted by molar-refractivity contribution is 6.30. The molecule has 0 aliphatic rings. The summed E-state index contributed by atoms with van der Waals surface area (Å²) < 4.78 is 15.4. The zero-order valence-electron chi connectivity index (χ0n) is 12.6. The molecule has 1 heterocycles. The van der Waals surface area contributed by atoms with Crippen LogP contribution in [0.4, 0.5) is 4.39 Å². The number of aryl methyl sites for hydroxylation is 1. The van der Waals surface area contributed by atoms with Crippen LogP contribution in [0.3, 0.4) is 0 Å². The SMILES string of the molecule is Cc1ccc(-c2ccc(=O)n(Cc3ccc(Cl)cc3)c2)cc1F. The van der Waals surface area contributed by atoms with Crippen LogP contribution in [0.15, 0.2) is 65.6 Å². The zero-order valence-corrected chi connectivity index (χ0v) is 13.3. The largest absolute Gasteiger partial charge is 0.310 e. The highest BCUT2D eigenvalue weighted by Crippen LogP contribution is 2.21. The Morgan fingerprint density at radius 3 is 2.39 bits per heavy atom. The van der Waals surface area contributed by atoms with Gasteiger partial charge < -0.3 is 4.57 Å². The molecule has 0 amide bonds. The summed E-state index contributed by atoms with van der Waals surface area (Å²) in [6, 6.07) is 15.6. The van der Waals surface area contributed by atoms with Crippen LogP contribution in [0.1, 0.15) is 11.1 Å². The quantitative estimate of drug-likeness (QED) is 0.685. The van der Waals surface area contributed by atoms with Crippen molar-refractivity contribution in [2.45, 2.75) is 13.5 Å². The van der Waals surface area contributed by atoms with Crippen molar-refractivity contribution >= 4 is 11.6 Å². The molecule has 116 valence electrons. The molecule has 0 fully saturated rings. The second-order valence-corrected chi connectivity index (χ2v) is 5.91. The Morgan fingerprint density at radius 2 is 1.70 bits per heavy atom. The van der Waals surface area contributed by atoms with Gasteiger partial charge in [-0.1, -0.05) is 35.9 Å². The van der Waals surface area contributed by atoms with Crippen LogP contribution in [0.2, 0.25) is 5.02 Å². The van der Waals surface area contributed by atoms with E-state index >= 15 is 0 Å². The van der Waals surface area contributed by atoms with Gasteiger partial charge in [0.15, 0.2) is 0 Å². The molecule has 0 aliphatic carbocycles. The van der Waals surface area contributed by atoms with Gasteiger partial charge in [-0.25, -0.2) is 4.39 Å². The molecule has 0 bridgehead atoms. The topological polar surface area (TPSA) is 22.0 Å². The lowest BCUT2D eigenvalue weighted by molar-refractivity contribution is 0.619. The second-order valence-electron chi connectivity index (χ2n) is 5.47. The molecule has 0 atom stereocenters. The summed E-state index contributed by atoms with van der Waals surface area (Å²) in [7, 11) is 0. The Kier molecular flexibility index (Phi) is 4.30. The van der Waals surface area contributed by atoms with E-state index in [0.29, 0.717) is 17.1 Å². The number of pyridine rings is 1. The van der Waals surface area contributed by atoms with E-state index < -0.39 is 0 Å². The average molecular weight is 328 g/mol. The molecule has 4 heteroatoms. The maximum atomic E-state index is 13.7. The van der Waals surface area contributed by atoms with Crippen molar-refractivity contribution < 1.29 is 4.39 Å². The third kappa shape index (κ3) is 3.51. The highest BCUT2D eigenvalue weighted by Gasteiger charge is 2.05. The van der Waals surface area contributed by atoms with Crippen LogP contribution in [-0.4, -0.2) is 4.57 Å². The Hall–Kier alpha value is -2.39. The molecule has 3 aromatic rings. The van der Waals surface area contributed by atoms with E-state index in [2.05, 4.69) is 0 Å². The van der Waals surface area contributed by atoms with Crippen molar-refractivity contribution in [3.63, 3.8) is 0 Å². The van der Waals surface area contributed by atoms with Crippen LogP contribution >= 0.6 is 11.6 Å². The summed E-state index contributed by atoms with van der Waals surface area (Å²) in [6.45, 7) is 2.17. The second kappa shape index (κ2) is 6.39. The summed E-state index contributed by atoms with van der Waals surface area (Å²) in [5.74, 6) is -0.252. The summed E-state index contributed by atoms with van der Waals surface area (Å²) >= 11 is 5.87. The maximum Gasteiger partial charge on any atom is 0.250 e. The predicted octanol–water partition coefficient (Wildman–Crippen LogP) is 4.66. The first-order valence-electron chi connectivity index (χ1n) is 7.24. The Balaban J connectivity index is 1.97. The fraction of sp³-hybridized carbons (Fsp3) is 0.105. The normalized spacial score (nSPS) is 10.7. The minimum Gasteiger partial charge on any atom is -0.310 e. The van der Waals surface area contributed by atoms with Gasteiger partial charge in [-0.15, -0.1) is 0 Å². The zero-order chi connectivity index (χ0) is 16.4. The van der Waals surface area contributed by atoms with Gasteiger partial charge in [-0.3, -0.25) is 4.79 Å². The van der Waals surface area contributed by atoms with E-state index in [1.54, 1.807) is 42.0 Å². The minimum absolute atomic E-state index is 0.101. The van der Waals surface area contributed by atoms with Crippen molar-refractivity contribution in [1.82, 2.24) is 4.57 Å². The van der Waals surface area contributed by atoms with Crippen molar-refractivity contribution in [3.05, 3.63) is 93.1 Å². The van der Waals surface area contributed by atoms with Crippen LogP contribution in [0.25, 0.3) is 11.1 Å². The molecular formula is C19H15ClFNO. The molecular weight excluding hydrogens is 313 g/mol. The van der Waals surface area contributed by atoms with Crippen LogP contribution < -0.4 is 5.56 Å². The fourth-order valence-corrected chi connectivity index (χ4v) is 2.51. The number of hydrogen-bond acceptors (Lipinski definition) is 1. The molecule has 23 heavy (non-hydrogen) atoms. The van der Waals surface area contributed by atoms with Gasteiger partial charge >= 0.3 is 0 Å². The Labute approximate surface area is 138 Å². The Morgan fingerprint density at radius 1 is 1.00 bits per heavy atom. The van der Waals surface area contributed by atoms with Gasteiger partial charge in [-0.05, 0) is 53.4 Å². The van der Waals surface area contributed by atoms with Crippen LogP contribution in [0.5, 0.6) is 0 Å². The third-order valence-corrected chi connectivity index (χ3v) is 4.01. The summed E-state index contributed by atoms with van der Waals surface area (Å²) in [5, 5.41) is 0.657. The molecule has 0 aliphatic heterocycles. The molecule has 3 rings (SSSR count). The number of benzene rings is 2. The maximum absolute atomic E-state index is 13.7. The number of hydrogen-bond donors (Lipinski definition) is 0. The van der Waals surface area contributed by atoms with Gasteiger partial charge in [0.25, 0.3) is 5.56 Å². The lowest BCUT2D eigenvalue weighted by Crippen LogP contribution is -2.19. The molecule has 0 radical (unpaired) electrons. The van der Waals surface area contributed by atoms with Gasteiger partial charge in [0.1, 0.15) is 5.82 Å². The molecule has 0 saturated heterocycles. The molecule has 0 N–H and O–H groups in total. The Bertz CT molecular complexity index is 900. The van der Waals surface area contributed by atoms with Crippen molar-refractivity contribution in [2.75, 3.05) is 0 Å². The molecule has 2 nitrogen and oxygen atoms in total. The first-order chi connectivity index (χ1) is 11.0. The smallest absolute Gasteiger partial charge is 0.250 e. The lowest BCUT2D eigenvalue weighted by atomic mass is 10.1. The van der Waals surface area contributed by atoms with Crippen molar-refractivity contribution in [3.8, 4) is 11.1 Å². The molecule has 0 unspecified atom stereocenters. The monoisotopic (exact) mass is 327 g/mol. The third-order valence-electron chi connectivity index (χ3n) is 3.75. The average Bonchev–Trinajstić information content (AvgIpc) is 2.54. The van der Waals surface area contributed by atoms with Gasteiger partial charge in [0.2, 0.25) is 0 Å². The lowest BCUT2D eigenvalue weighted by Gasteiger charge is -2.09. The molecule has 0 spiro atoms. The molecule has 2 aromatic carbocycles. The number of halogens is 2. The summed E-state index contributed by atoms with van der Waals surface area (Å²) in [4.78, 5) is 12.1. The molecule has 0 saturated carbocycles. The summed E-state index contributed by atoms with van der Waals surface area (Å²) in [5.41, 5.74) is 3.03. The van der Waals surface area contributed by atoms with Crippen molar-refractivity contribution in [2.24, 2.45) is 0 Å². The van der Waals surface area contributed by atoms with Gasteiger partial charge in [0.05, 0.1) is 6.54 Å². The highest BCUT2D eigenvalue weighted by atomic mass is 35.5. The van der Waals surface area contributed by atoms with Gasteiger partial charge in [-0.2, -0.15) is 0 Å². The predicted molar refractivity (Wildman–Crippen MR) is 91.4 cm³/mol. The van der Waals surface area contributed by atoms with Crippen molar-refractivity contribution in [1.29, 1.82) is 0 Å². The van der Waals surface area contributed by atoms with E-state index in [4.69, 9.17) is 11.6 Å². The first-order valence-corrected chi connectivity index (χ1v) is 7.62.